The van der Waals surface area contributed by atoms with Crippen LogP contribution in [-0.4, -0.2) is 33.2 Å². The first-order chi connectivity index (χ1) is 8.63. The third-order valence-corrected chi connectivity index (χ3v) is 3.44. The highest BCUT2D eigenvalue weighted by Crippen LogP contribution is 2.21. The van der Waals surface area contributed by atoms with Crippen LogP contribution in [0.2, 0.25) is 5.02 Å². The molecular formula is C13H18ClN3O. The maximum absolute atomic E-state index is 12.4. The Morgan fingerprint density at radius 3 is 3.00 bits per heavy atom. The van der Waals surface area contributed by atoms with E-state index in [1.165, 1.54) is 0 Å². The molecule has 0 saturated carbocycles. The maximum atomic E-state index is 12.4. The SMILES string of the molecule is CCCC[C@@H]1C=CCN1C(=O)c1nn(C)cc1Cl. The second-order valence-electron chi connectivity index (χ2n) is 4.59. The van der Waals surface area contributed by atoms with E-state index in [0.29, 0.717) is 17.3 Å². The van der Waals surface area contributed by atoms with E-state index in [1.807, 2.05) is 11.0 Å². The number of carbonyl (C=O) groups excluding carboxylic acids is 1. The van der Waals surface area contributed by atoms with Crippen molar-refractivity contribution in [2.75, 3.05) is 6.54 Å². The molecule has 0 aromatic carbocycles. The highest BCUT2D eigenvalue weighted by molar-refractivity contribution is 6.33. The molecule has 0 saturated heterocycles. The van der Waals surface area contributed by atoms with Gasteiger partial charge in [-0.25, -0.2) is 0 Å². The highest BCUT2D eigenvalue weighted by atomic mass is 35.5. The van der Waals surface area contributed by atoms with Gasteiger partial charge in [-0.2, -0.15) is 5.10 Å². The molecule has 2 rings (SSSR count). The number of aromatic nitrogens is 2. The molecular weight excluding hydrogens is 250 g/mol. The monoisotopic (exact) mass is 267 g/mol. The summed E-state index contributed by atoms with van der Waals surface area (Å²) in [5.41, 5.74) is 0.351. The van der Waals surface area contributed by atoms with Gasteiger partial charge in [0.25, 0.3) is 5.91 Å². The number of nitrogens with zero attached hydrogens (tertiary/aromatic N) is 3. The van der Waals surface area contributed by atoms with Crippen molar-refractivity contribution in [3.8, 4) is 0 Å². The zero-order valence-corrected chi connectivity index (χ0v) is 11.5. The summed E-state index contributed by atoms with van der Waals surface area (Å²) in [6.07, 6.45) is 9.05. The van der Waals surface area contributed by atoms with E-state index < -0.39 is 0 Å². The smallest absolute Gasteiger partial charge is 0.276 e. The molecule has 0 radical (unpaired) electrons. The molecule has 0 aliphatic carbocycles. The Hall–Kier alpha value is -1.29. The van der Waals surface area contributed by atoms with Crippen LogP contribution in [0.3, 0.4) is 0 Å². The van der Waals surface area contributed by atoms with Crippen molar-refractivity contribution in [2.24, 2.45) is 7.05 Å². The summed E-state index contributed by atoms with van der Waals surface area (Å²) >= 11 is 6.02. The van der Waals surface area contributed by atoms with Crippen molar-refractivity contribution >= 4 is 17.5 Å². The zero-order chi connectivity index (χ0) is 13.1. The second kappa shape index (κ2) is 5.57. The molecule has 0 fully saturated rings. The van der Waals surface area contributed by atoms with Crippen molar-refractivity contribution in [1.29, 1.82) is 0 Å². The number of aryl methyl sites for hydroxylation is 1. The third-order valence-electron chi connectivity index (χ3n) is 3.16. The van der Waals surface area contributed by atoms with E-state index in [2.05, 4.69) is 18.1 Å². The number of rotatable bonds is 4. The van der Waals surface area contributed by atoms with Gasteiger partial charge in [0, 0.05) is 19.8 Å². The summed E-state index contributed by atoms with van der Waals surface area (Å²) in [6, 6.07) is 0.190. The van der Waals surface area contributed by atoms with Gasteiger partial charge in [-0.3, -0.25) is 9.48 Å². The van der Waals surface area contributed by atoms with Crippen LogP contribution in [0.25, 0.3) is 0 Å². The van der Waals surface area contributed by atoms with E-state index in [0.717, 1.165) is 19.3 Å². The van der Waals surface area contributed by atoms with Crippen LogP contribution in [-0.2, 0) is 7.05 Å². The van der Waals surface area contributed by atoms with Crippen molar-refractivity contribution in [3.63, 3.8) is 0 Å². The minimum Gasteiger partial charge on any atom is -0.327 e. The number of amides is 1. The predicted octanol–water partition coefficient (Wildman–Crippen LogP) is 2.64. The van der Waals surface area contributed by atoms with Crippen molar-refractivity contribution < 1.29 is 4.79 Å². The van der Waals surface area contributed by atoms with Crippen LogP contribution in [0.1, 0.15) is 36.7 Å². The van der Waals surface area contributed by atoms with Crippen LogP contribution in [0.5, 0.6) is 0 Å². The molecule has 1 aliphatic heterocycles. The summed E-state index contributed by atoms with van der Waals surface area (Å²) in [4.78, 5) is 14.2. The molecule has 18 heavy (non-hydrogen) atoms. The van der Waals surface area contributed by atoms with Crippen LogP contribution in [0.15, 0.2) is 18.3 Å². The fraction of sp³-hybridized carbons (Fsp3) is 0.538. The first kappa shape index (κ1) is 13.1. The average molecular weight is 268 g/mol. The topological polar surface area (TPSA) is 38.1 Å². The Bertz CT molecular complexity index is 467. The van der Waals surface area contributed by atoms with Gasteiger partial charge in [-0.1, -0.05) is 43.5 Å². The van der Waals surface area contributed by atoms with Crippen molar-refractivity contribution in [1.82, 2.24) is 14.7 Å². The van der Waals surface area contributed by atoms with E-state index in [9.17, 15) is 4.79 Å². The zero-order valence-electron chi connectivity index (χ0n) is 10.8. The highest BCUT2D eigenvalue weighted by Gasteiger charge is 2.28. The fourth-order valence-electron chi connectivity index (χ4n) is 2.21. The lowest BCUT2D eigenvalue weighted by molar-refractivity contribution is 0.0737. The van der Waals surface area contributed by atoms with Crippen molar-refractivity contribution in [2.45, 2.75) is 32.2 Å². The number of unbranched alkanes of at least 4 members (excludes halogenated alkanes) is 1. The molecule has 1 aromatic heterocycles. The molecule has 0 unspecified atom stereocenters. The lowest BCUT2D eigenvalue weighted by Gasteiger charge is -2.23. The van der Waals surface area contributed by atoms with Gasteiger partial charge in [-0.15, -0.1) is 0 Å². The lowest BCUT2D eigenvalue weighted by atomic mass is 10.1. The van der Waals surface area contributed by atoms with Gasteiger partial charge in [0.05, 0.1) is 11.1 Å². The minimum absolute atomic E-state index is 0.0771. The van der Waals surface area contributed by atoms with Crippen LogP contribution < -0.4 is 0 Å². The summed E-state index contributed by atoms with van der Waals surface area (Å²) < 4.78 is 1.57. The van der Waals surface area contributed by atoms with Gasteiger partial charge < -0.3 is 4.90 Å². The molecule has 0 N–H and O–H groups in total. The molecule has 1 aromatic rings. The quantitative estimate of drug-likeness (QED) is 0.787. The predicted molar refractivity (Wildman–Crippen MR) is 71.7 cm³/mol. The Morgan fingerprint density at radius 2 is 2.39 bits per heavy atom. The van der Waals surface area contributed by atoms with Gasteiger partial charge in [0.2, 0.25) is 0 Å². The first-order valence-electron chi connectivity index (χ1n) is 6.30. The van der Waals surface area contributed by atoms with Crippen LogP contribution in [0, 0.1) is 0 Å². The molecule has 5 heteroatoms. The van der Waals surface area contributed by atoms with Crippen molar-refractivity contribution in [3.05, 3.63) is 29.1 Å². The number of hydrogen-bond acceptors (Lipinski definition) is 2. The van der Waals surface area contributed by atoms with Gasteiger partial charge in [0.15, 0.2) is 5.69 Å². The summed E-state index contributed by atoms with van der Waals surface area (Å²) in [6.45, 7) is 2.81. The minimum atomic E-state index is -0.0771. The maximum Gasteiger partial charge on any atom is 0.276 e. The van der Waals surface area contributed by atoms with E-state index >= 15 is 0 Å². The molecule has 2 heterocycles. The van der Waals surface area contributed by atoms with Crippen LogP contribution >= 0.6 is 11.6 Å². The standard InChI is InChI=1S/C13H18ClN3O/c1-3-4-6-10-7-5-8-17(10)13(18)12-11(14)9-16(2)15-12/h5,7,9-10H,3-4,6,8H2,1-2H3/t10-/m1/s1. The first-order valence-corrected chi connectivity index (χ1v) is 6.68. The van der Waals surface area contributed by atoms with Gasteiger partial charge in [0.1, 0.15) is 0 Å². The molecule has 0 spiro atoms. The third kappa shape index (κ3) is 2.58. The normalized spacial score (nSPS) is 18.6. The average Bonchev–Trinajstić information content (AvgIpc) is 2.92. The number of hydrogen-bond donors (Lipinski definition) is 0. The Kier molecular flexibility index (Phi) is 4.07. The van der Waals surface area contributed by atoms with Gasteiger partial charge >= 0.3 is 0 Å². The Balaban J connectivity index is 2.11. The van der Waals surface area contributed by atoms with E-state index in [4.69, 9.17) is 11.6 Å². The second-order valence-corrected chi connectivity index (χ2v) is 5.00. The lowest BCUT2D eigenvalue weighted by Crippen LogP contribution is -2.36. The molecule has 4 nitrogen and oxygen atoms in total. The van der Waals surface area contributed by atoms with Gasteiger partial charge in [-0.05, 0) is 6.42 Å². The molecule has 1 aliphatic rings. The fourth-order valence-corrected chi connectivity index (χ4v) is 2.47. The molecule has 98 valence electrons. The van der Waals surface area contributed by atoms with E-state index in [-0.39, 0.29) is 11.9 Å². The number of halogens is 1. The van der Waals surface area contributed by atoms with E-state index in [1.54, 1.807) is 17.9 Å². The molecule has 1 atom stereocenters. The Morgan fingerprint density at radius 1 is 1.61 bits per heavy atom. The molecule has 0 bridgehead atoms. The summed E-state index contributed by atoms with van der Waals surface area (Å²) in [5.74, 6) is -0.0771. The summed E-state index contributed by atoms with van der Waals surface area (Å²) in [7, 11) is 1.76. The Labute approximate surface area is 112 Å². The molecule has 1 amide bonds. The summed E-state index contributed by atoms with van der Waals surface area (Å²) in [5, 5.41) is 4.56. The van der Waals surface area contributed by atoms with Crippen LogP contribution in [0.4, 0.5) is 0 Å². The largest absolute Gasteiger partial charge is 0.327 e. The number of carbonyl (C=O) groups is 1.